The predicted molar refractivity (Wildman–Crippen MR) is 114 cm³/mol. The molecule has 160 valence electrons. The Morgan fingerprint density at radius 2 is 1.90 bits per heavy atom. The van der Waals surface area contributed by atoms with E-state index in [1.54, 1.807) is 12.1 Å². The van der Waals surface area contributed by atoms with Gasteiger partial charge in [0.25, 0.3) is 0 Å². The van der Waals surface area contributed by atoms with E-state index in [0.29, 0.717) is 18.4 Å². The molecule has 7 nitrogen and oxygen atoms in total. The zero-order valence-corrected chi connectivity index (χ0v) is 18.5. The summed E-state index contributed by atoms with van der Waals surface area (Å²) in [5, 5.41) is 0. The summed E-state index contributed by atoms with van der Waals surface area (Å²) in [7, 11) is -0.456. The average Bonchev–Trinajstić information content (AvgIpc) is 3.07. The van der Waals surface area contributed by atoms with Crippen LogP contribution in [0.4, 0.5) is 0 Å². The summed E-state index contributed by atoms with van der Waals surface area (Å²) in [6.07, 6.45) is 6.46. The van der Waals surface area contributed by atoms with Crippen molar-refractivity contribution in [2.75, 3.05) is 27.2 Å². The highest BCUT2D eigenvalue weighted by molar-refractivity contribution is 7.89. The molecule has 2 heterocycles. The van der Waals surface area contributed by atoms with E-state index in [2.05, 4.69) is 11.5 Å². The minimum absolute atomic E-state index is 0.190. The highest BCUT2D eigenvalue weighted by Gasteiger charge is 2.21. The quantitative estimate of drug-likeness (QED) is 0.658. The van der Waals surface area contributed by atoms with Gasteiger partial charge in [0.15, 0.2) is 0 Å². The Morgan fingerprint density at radius 3 is 2.55 bits per heavy atom. The second kappa shape index (κ2) is 9.26. The Morgan fingerprint density at radius 1 is 1.17 bits per heavy atom. The van der Waals surface area contributed by atoms with Gasteiger partial charge in [0.2, 0.25) is 15.9 Å². The summed E-state index contributed by atoms with van der Waals surface area (Å²) in [6.45, 7) is 4.67. The topological polar surface area (TPSA) is 75.5 Å². The Balaban J connectivity index is 1.87. The van der Waals surface area contributed by atoms with Gasteiger partial charge in [0, 0.05) is 46.6 Å². The molecule has 1 fully saturated rings. The van der Waals surface area contributed by atoms with Crippen LogP contribution >= 0.6 is 0 Å². The fourth-order valence-electron chi connectivity index (χ4n) is 3.81. The summed E-state index contributed by atoms with van der Waals surface area (Å²) in [5.41, 5.74) is 1.60. The molecule has 1 aromatic carbocycles. The second-order valence-electron chi connectivity index (χ2n) is 7.91. The zero-order valence-electron chi connectivity index (χ0n) is 17.7. The first kappa shape index (κ1) is 21.8. The third-order valence-corrected chi connectivity index (χ3v) is 7.39. The van der Waals surface area contributed by atoms with E-state index in [4.69, 9.17) is 4.98 Å². The summed E-state index contributed by atoms with van der Waals surface area (Å²) in [4.78, 5) is 19.5. The highest BCUT2D eigenvalue weighted by atomic mass is 32.2. The normalized spacial score (nSPS) is 15.4. The lowest BCUT2D eigenvalue weighted by Gasteiger charge is -2.26. The van der Waals surface area contributed by atoms with Gasteiger partial charge in [-0.15, -0.1) is 0 Å². The van der Waals surface area contributed by atoms with Gasteiger partial charge in [-0.25, -0.2) is 17.7 Å². The number of piperidine rings is 1. The number of unbranched alkanes of at least 4 members (excludes halogenated alkanes) is 1. The van der Waals surface area contributed by atoms with Gasteiger partial charge in [-0.05, 0) is 43.9 Å². The third kappa shape index (κ3) is 4.80. The van der Waals surface area contributed by atoms with Crippen LogP contribution in [0.3, 0.4) is 0 Å². The minimum atomic E-state index is -3.51. The molecule has 0 atom stereocenters. The molecule has 1 aliphatic heterocycles. The van der Waals surface area contributed by atoms with Crippen LogP contribution in [-0.2, 0) is 27.8 Å². The van der Waals surface area contributed by atoms with E-state index < -0.39 is 10.0 Å². The Bertz CT molecular complexity index is 960. The molecule has 8 heteroatoms. The molecule has 1 amide bonds. The van der Waals surface area contributed by atoms with Crippen LogP contribution in [0.5, 0.6) is 0 Å². The fourth-order valence-corrected chi connectivity index (χ4v) is 4.73. The SMILES string of the molecule is CCCCn1c(CCC(=O)N2CCCCC2)nc2cc(S(=O)(=O)N(C)C)ccc21. The fraction of sp³-hybridized carbons (Fsp3) is 0.619. The monoisotopic (exact) mass is 420 g/mol. The van der Waals surface area contributed by atoms with Crippen LogP contribution in [0.1, 0.15) is 51.3 Å². The summed E-state index contributed by atoms with van der Waals surface area (Å²) >= 11 is 0. The molecule has 0 spiro atoms. The number of likely N-dealkylation sites (tertiary alicyclic amines) is 1. The molecular weight excluding hydrogens is 388 g/mol. The maximum Gasteiger partial charge on any atom is 0.242 e. The number of imidazole rings is 1. The van der Waals surface area contributed by atoms with Crippen molar-refractivity contribution in [3.63, 3.8) is 0 Å². The Labute approximate surface area is 173 Å². The summed E-state index contributed by atoms with van der Waals surface area (Å²) in [6, 6.07) is 5.12. The molecule has 1 saturated heterocycles. The van der Waals surface area contributed by atoms with Gasteiger partial charge in [0.1, 0.15) is 5.82 Å². The highest BCUT2D eigenvalue weighted by Crippen LogP contribution is 2.23. The predicted octanol–water partition coefficient (Wildman–Crippen LogP) is 3.03. The van der Waals surface area contributed by atoms with Crippen molar-refractivity contribution in [3.8, 4) is 0 Å². The maximum atomic E-state index is 12.6. The van der Waals surface area contributed by atoms with Gasteiger partial charge in [-0.3, -0.25) is 4.79 Å². The van der Waals surface area contributed by atoms with E-state index in [-0.39, 0.29) is 10.8 Å². The van der Waals surface area contributed by atoms with E-state index >= 15 is 0 Å². The summed E-state index contributed by atoms with van der Waals surface area (Å²) in [5.74, 6) is 1.05. The molecular formula is C21H32N4O3S. The number of aromatic nitrogens is 2. The van der Waals surface area contributed by atoms with Crippen LogP contribution in [-0.4, -0.2) is 60.3 Å². The minimum Gasteiger partial charge on any atom is -0.343 e. The molecule has 0 N–H and O–H groups in total. The van der Waals surface area contributed by atoms with E-state index in [1.165, 1.54) is 24.8 Å². The van der Waals surface area contributed by atoms with Crippen LogP contribution in [0, 0.1) is 0 Å². The number of benzene rings is 1. The number of nitrogens with zero attached hydrogens (tertiary/aromatic N) is 4. The lowest BCUT2D eigenvalue weighted by Crippen LogP contribution is -2.35. The molecule has 2 aromatic rings. The van der Waals surface area contributed by atoms with E-state index in [0.717, 1.165) is 56.7 Å². The number of carbonyl (C=O) groups is 1. The van der Waals surface area contributed by atoms with Crippen molar-refractivity contribution in [1.82, 2.24) is 18.8 Å². The smallest absolute Gasteiger partial charge is 0.242 e. The third-order valence-electron chi connectivity index (χ3n) is 5.58. The van der Waals surface area contributed by atoms with Gasteiger partial charge >= 0.3 is 0 Å². The lowest BCUT2D eigenvalue weighted by molar-refractivity contribution is -0.132. The van der Waals surface area contributed by atoms with Crippen molar-refractivity contribution in [2.45, 2.75) is 63.3 Å². The van der Waals surface area contributed by atoms with E-state index in [9.17, 15) is 13.2 Å². The number of carbonyl (C=O) groups excluding carboxylic acids is 1. The largest absolute Gasteiger partial charge is 0.343 e. The molecule has 0 aliphatic carbocycles. The zero-order chi connectivity index (χ0) is 21.0. The van der Waals surface area contributed by atoms with Crippen molar-refractivity contribution in [2.24, 2.45) is 0 Å². The maximum absolute atomic E-state index is 12.6. The average molecular weight is 421 g/mol. The van der Waals surface area contributed by atoms with Crippen LogP contribution in [0.2, 0.25) is 0 Å². The molecule has 3 rings (SSSR count). The van der Waals surface area contributed by atoms with Gasteiger partial charge in [-0.2, -0.15) is 0 Å². The molecule has 0 saturated carbocycles. The van der Waals surface area contributed by atoms with Gasteiger partial charge < -0.3 is 9.47 Å². The van der Waals surface area contributed by atoms with Crippen LogP contribution in [0.25, 0.3) is 11.0 Å². The van der Waals surface area contributed by atoms with Crippen LogP contribution < -0.4 is 0 Å². The van der Waals surface area contributed by atoms with Crippen molar-refractivity contribution in [3.05, 3.63) is 24.0 Å². The molecule has 0 bridgehead atoms. The summed E-state index contributed by atoms with van der Waals surface area (Å²) < 4.78 is 28.3. The van der Waals surface area contributed by atoms with Gasteiger partial charge in [0.05, 0.1) is 15.9 Å². The molecule has 1 aliphatic rings. The number of rotatable bonds is 8. The number of fused-ring (bicyclic) bond motifs is 1. The number of aryl methyl sites for hydroxylation is 2. The number of sulfonamides is 1. The standard InChI is InChI=1S/C21H32N4O3S/c1-4-5-15-25-19-10-9-17(29(27,28)23(2)3)16-18(19)22-20(25)11-12-21(26)24-13-7-6-8-14-24/h9-10,16H,4-8,11-15H2,1-3H3. The first-order valence-corrected chi connectivity index (χ1v) is 12.0. The van der Waals surface area contributed by atoms with Crippen LogP contribution in [0.15, 0.2) is 23.1 Å². The van der Waals surface area contributed by atoms with E-state index in [1.807, 2.05) is 11.0 Å². The first-order chi connectivity index (χ1) is 13.8. The van der Waals surface area contributed by atoms with Crippen molar-refractivity contribution < 1.29 is 13.2 Å². The molecule has 0 unspecified atom stereocenters. The van der Waals surface area contributed by atoms with Crippen molar-refractivity contribution in [1.29, 1.82) is 0 Å². The van der Waals surface area contributed by atoms with Crippen molar-refractivity contribution >= 4 is 27.0 Å². The number of hydrogen-bond acceptors (Lipinski definition) is 4. The molecule has 1 aromatic heterocycles. The van der Waals surface area contributed by atoms with Gasteiger partial charge in [-0.1, -0.05) is 13.3 Å². The molecule has 0 radical (unpaired) electrons. The number of amides is 1. The number of hydrogen-bond donors (Lipinski definition) is 0. The Hall–Kier alpha value is -1.93. The first-order valence-electron chi connectivity index (χ1n) is 10.5. The lowest BCUT2D eigenvalue weighted by atomic mass is 10.1. The Kier molecular flexibility index (Phi) is 6.95. The molecule has 29 heavy (non-hydrogen) atoms. The second-order valence-corrected chi connectivity index (χ2v) is 10.1.